The smallest absolute Gasteiger partial charge is 0.297 e. The summed E-state index contributed by atoms with van der Waals surface area (Å²) < 4.78 is 17.7. The van der Waals surface area contributed by atoms with E-state index in [0.717, 1.165) is 36.2 Å². The Hall–Kier alpha value is -3.98. The van der Waals surface area contributed by atoms with Gasteiger partial charge in [0.1, 0.15) is 5.58 Å². The van der Waals surface area contributed by atoms with Gasteiger partial charge in [-0.2, -0.15) is 0 Å². The Labute approximate surface area is 230 Å². The second-order valence-electron chi connectivity index (χ2n) is 9.68. The lowest BCUT2D eigenvalue weighted by atomic mass is 9.98. The highest BCUT2D eigenvalue weighted by Crippen LogP contribution is 2.44. The quantitative estimate of drug-likeness (QED) is 0.177. The van der Waals surface area contributed by atoms with Crippen LogP contribution in [0.3, 0.4) is 0 Å². The fraction of sp³-hybridized carbons (Fsp3) is 0.333. The highest BCUT2D eigenvalue weighted by molar-refractivity contribution is 7.17. The molecule has 1 aliphatic heterocycles. The number of Topliss-reactive ketones (excluding diaryl/α,β-unsaturated/α-hetero) is 1. The molecule has 0 radical (unpaired) electrons. The van der Waals surface area contributed by atoms with E-state index >= 15 is 0 Å². The van der Waals surface area contributed by atoms with Gasteiger partial charge in [0.25, 0.3) is 5.91 Å². The summed E-state index contributed by atoms with van der Waals surface area (Å²) in [5.74, 6) is 0.414. The van der Waals surface area contributed by atoms with E-state index in [1.807, 2.05) is 19.1 Å². The monoisotopic (exact) mass is 546 g/mol. The summed E-state index contributed by atoms with van der Waals surface area (Å²) in [4.78, 5) is 46.5. The van der Waals surface area contributed by atoms with E-state index < -0.39 is 11.9 Å². The zero-order valence-corrected chi connectivity index (χ0v) is 23.4. The van der Waals surface area contributed by atoms with E-state index in [1.165, 1.54) is 11.8 Å². The van der Waals surface area contributed by atoms with Crippen LogP contribution < -0.4 is 19.8 Å². The normalized spacial score (nSPS) is 14.6. The van der Waals surface area contributed by atoms with E-state index in [-0.39, 0.29) is 22.5 Å². The number of methoxy groups -OCH3 is 1. The highest BCUT2D eigenvalue weighted by Gasteiger charge is 2.45. The number of unbranched alkanes of at least 4 members (excludes halogenated alkanes) is 2. The van der Waals surface area contributed by atoms with Crippen LogP contribution in [0.1, 0.15) is 81.8 Å². The number of amides is 1. The number of nitrogens with zero attached hydrogens (tertiary/aromatic N) is 2. The number of rotatable bonds is 9. The van der Waals surface area contributed by atoms with Crippen molar-refractivity contribution in [1.82, 2.24) is 4.98 Å². The summed E-state index contributed by atoms with van der Waals surface area (Å²) in [6, 6.07) is 9.86. The number of carbonyl (C=O) groups excluding carboxylic acids is 2. The number of aryl methyl sites for hydroxylation is 2. The average molecular weight is 547 g/mol. The first-order valence-corrected chi connectivity index (χ1v) is 13.8. The second-order valence-corrected chi connectivity index (χ2v) is 10.7. The summed E-state index contributed by atoms with van der Waals surface area (Å²) in [5, 5.41) is 0.716. The predicted octanol–water partition coefficient (Wildman–Crippen LogP) is 6.40. The molecule has 0 spiro atoms. The van der Waals surface area contributed by atoms with E-state index in [2.05, 4.69) is 11.9 Å². The molecule has 0 fully saturated rings. The number of hydrogen-bond acceptors (Lipinski definition) is 8. The fourth-order valence-corrected chi connectivity index (χ4v) is 5.91. The van der Waals surface area contributed by atoms with E-state index in [0.29, 0.717) is 50.3 Å². The first kappa shape index (κ1) is 26.6. The van der Waals surface area contributed by atoms with Gasteiger partial charge in [-0.1, -0.05) is 48.8 Å². The van der Waals surface area contributed by atoms with Gasteiger partial charge in [-0.15, -0.1) is 0 Å². The first-order chi connectivity index (χ1) is 18.7. The molecule has 4 aromatic rings. The van der Waals surface area contributed by atoms with Gasteiger partial charge in [-0.25, -0.2) is 4.98 Å². The van der Waals surface area contributed by atoms with Crippen LogP contribution in [0.15, 0.2) is 45.6 Å². The molecular formula is C30H30N2O6S. The fourth-order valence-electron chi connectivity index (χ4n) is 4.92. The Morgan fingerprint density at radius 2 is 1.90 bits per heavy atom. The van der Waals surface area contributed by atoms with Crippen LogP contribution in [-0.2, 0) is 0 Å². The van der Waals surface area contributed by atoms with Crippen LogP contribution >= 0.6 is 11.3 Å². The molecule has 2 aromatic heterocycles. The number of thiazole rings is 1. The van der Waals surface area contributed by atoms with Crippen molar-refractivity contribution in [3.63, 3.8) is 0 Å². The number of anilines is 1. The minimum atomic E-state index is -0.831. The van der Waals surface area contributed by atoms with Gasteiger partial charge in [-0.3, -0.25) is 19.3 Å². The number of fused-ring (bicyclic) bond motifs is 2. The van der Waals surface area contributed by atoms with Crippen LogP contribution in [0.25, 0.3) is 11.0 Å². The molecule has 0 aliphatic carbocycles. The third kappa shape index (κ3) is 4.71. The zero-order chi connectivity index (χ0) is 27.8. The topological polar surface area (TPSA) is 98.9 Å². The molecule has 1 atom stereocenters. The van der Waals surface area contributed by atoms with E-state index in [9.17, 15) is 14.4 Å². The molecule has 202 valence electrons. The minimum Gasteiger partial charge on any atom is -0.493 e. The van der Waals surface area contributed by atoms with Crippen molar-refractivity contribution in [3.8, 4) is 11.5 Å². The number of benzene rings is 2. The Morgan fingerprint density at radius 3 is 2.59 bits per heavy atom. The molecule has 0 saturated carbocycles. The highest BCUT2D eigenvalue weighted by atomic mass is 32.1. The third-order valence-corrected chi connectivity index (χ3v) is 8.10. The third-order valence-electron chi connectivity index (χ3n) is 6.85. The molecule has 0 N–H and O–H groups in total. The van der Waals surface area contributed by atoms with Gasteiger partial charge >= 0.3 is 0 Å². The van der Waals surface area contributed by atoms with Gasteiger partial charge in [0.2, 0.25) is 5.76 Å². The molecule has 39 heavy (non-hydrogen) atoms. The Kier molecular flexibility index (Phi) is 7.27. The largest absolute Gasteiger partial charge is 0.493 e. The van der Waals surface area contributed by atoms with E-state index in [4.69, 9.17) is 13.9 Å². The number of aromatic nitrogens is 1. The number of carbonyl (C=O) groups is 2. The molecule has 5 rings (SSSR count). The van der Waals surface area contributed by atoms with Crippen molar-refractivity contribution >= 4 is 39.1 Å². The summed E-state index contributed by atoms with van der Waals surface area (Å²) in [7, 11) is 1.55. The van der Waals surface area contributed by atoms with Crippen LogP contribution in [0, 0.1) is 13.8 Å². The number of ketones is 1. The molecule has 1 unspecified atom stereocenters. The summed E-state index contributed by atoms with van der Waals surface area (Å²) >= 11 is 1.12. The van der Waals surface area contributed by atoms with Gasteiger partial charge < -0.3 is 13.9 Å². The molecule has 0 bridgehead atoms. The summed E-state index contributed by atoms with van der Waals surface area (Å²) in [5.41, 5.74) is 2.35. The maximum atomic E-state index is 13.9. The SMILES string of the molecule is CCCCCOc1ccc(C2c3c(oc4ccc(C)cc4c3=O)C(=O)N2c2nc(C)c(C(C)=O)s2)cc1OC. The van der Waals surface area contributed by atoms with Crippen molar-refractivity contribution in [2.75, 3.05) is 18.6 Å². The lowest BCUT2D eigenvalue weighted by molar-refractivity contribution is 0.0969. The molecule has 1 amide bonds. The maximum Gasteiger partial charge on any atom is 0.297 e. The van der Waals surface area contributed by atoms with Gasteiger partial charge in [0.15, 0.2) is 27.8 Å². The Morgan fingerprint density at radius 1 is 1.10 bits per heavy atom. The zero-order valence-electron chi connectivity index (χ0n) is 22.6. The van der Waals surface area contributed by atoms with Crippen molar-refractivity contribution in [3.05, 3.63) is 79.6 Å². The summed E-state index contributed by atoms with van der Waals surface area (Å²) in [6.45, 7) is 7.78. The predicted molar refractivity (Wildman–Crippen MR) is 151 cm³/mol. The van der Waals surface area contributed by atoms with Gasteiger partial charge in [0, 0.05) is 6.92 Å². The van der Waals surface area contributed by atoms with Crippen LogP contribution in [-0.4, -0.2) is 30.4 Å². The lowest BCUT2D eigenvalue weighted by Gasteiger charge is -2.23. The molecular weight excluding hydrogens is 516 g/mol. The molecule has 8 nitrogen and oxygen atoms in total. The Bertz CT molecular complexity index is 1650. The van der Waals surface area contributed by atoms with Crippen molar-refractivity contribution in [1.29, 1.82) is 0 Å². The maximum absolute atomic E-state index is 13.9. The second kappa shape index (κ2) is 10.6. The van der Waals surface area contributed by atoms with Crippen LogP contribution in [0.4, 0.5) is 5.13 Å². The van der Waals surface area contributed by atoms with Crippen molar-refractivity contribution in [2.24, 2.45) is 0 Å². The lowest BCUT2D eigenvalue weighted by Crippen LogP contribution is -2.29. The van der Waals surface area contributed by atoms with Crippen LogP contribution in [0.2, 0.25) is 0 Å². The standard InChI is InChI=1S/C30H30N2O6S/c1-6-7-8-13-37-22-12-10-19(15-23(22)36-5)25-24-26(34)20-14-16(2)9-11-21(20)38-27(24)29(35)32(25)30-31-17(3)28(39-30)18(4)33/h9-12,14-15,25H,6-8,13H2,1-5H3. The Balaban J connectivity index is 1.69. The molecule has 9 heteroatoms. The summed E-state index contributed by atoms with van der Waals surface area (Å²) in [6.07, 6.45) is 3.08. The molecule has 2 aromatic carbocycles. The first-order valence-electron chi connectivity index (χ1n) is 12.9. The van der Waals surface area contributed by atoms with Gasteiger partial charge in [-0.05, 0) is 50.1 Å². The molecule has 0 saturated heterocycles. The number of ether oxygens (including phenoxy) is 2. The number of hydrogen-bond donors (Lipinski definition) is 0. The van der Waals surface area contributed by atoms with E-state index in [1.54, 1.807) is 38.3 Å². The average Bonchev–Trinajstić information content (AvgIpc) is 3.44. The molecule has 3 heterocycles. The van der Waals surface area contributed by atoms with Crippen LogP contribution in [0.5, 0.6) is 11.5 Å². The minimum absolute atomic E-state index is 0.0301. The van der Waals surface area contributed by atoms with Gasteiger partial charge in [0.05, 0.1) is 41.3 Å². The van der Waals surface area contributed by atoms with Crippen molar-refractivity contribution < 1.29 is 23.5 Å². The molecule has 1 aliphatic rings. The van der Waals surface area contributed by atoms with Crippen molar-refractivity contribution in [2.45, 2.75) is 53.0 Å².